The van der Waals surface area contributed by atoms with Gasteiger partial charge in [0.2, 0.25) is 0 Å². The largest absolute Gasteiger partial charge is 0.494 e. The van der Waals surface area contributed by atoms with Crippen LogP contribution in [0.4, 0.5) is 0 Å². The predicted molar refractivity (Wildman–Crippen MR) is 87.9 cm³/mol. The molecule has 1 aromatic rings. The zero-order valence-electron chi connectivity index (χ0n) is 13.7. The molecule has 0 heterocycles. The zero-order chi connectivity index (χ0) is 15.3. The van der Waals surface area contributed by atoms with E-state index in [0.717, 1.165) is 51.6 Å². The van der Waals surface area contributed by atoms with Crippen molar-refractivity contribution in [2.45, 2.75) is 26.3 Å². The first-order valence-electron chi connectivity index (χ1n) is 7.87. The lowest BCUT2D eigenvalue weighted by atomic mass is 10.2. The zero-order valence-corrected chi connectivity index (χ0v) is 13.7. The molecule has 0 amide bonds. The summed E-state index contributed by atoms with van der Waals surface area (Å²) in [6.07, 6.45) is 2.27. The number of hydrogen-bond donors (Lipinski definition) is 1. The Bertz CT molecular complexity index is 352. The topological polar surface area (TPSA) is 33.7 Å². The van der Waals surface area contributed by atoms with Crippen molar-refractivity contribution in [3.63, 3.8) is 0 Å². The van der Waals surface area contributed by atoms with E-state index in [-0.39, 0.29) is 0 Å². The highest BCUT2D eigenvalue weighted by Gasteiger charge is 1.96. The van der Waals surface area contributed by atoms with Crippen molar-refractivity contribution >= 4 is 0 Å². The van der Waals surface area contributed by atoms with Crippen LogP contribution in [0, 0.1) is 0 Å². The van der Waals surface area contributed by atoms with Crippen LogP contribution >= 0.6 is 0 Å². The Morgan fingerprint density at radius 3 is 2.48 bits per heavy atom. The van der Waals surface area contributed by atoms with Crippen molar-refractivity contribution in [1.29, 1.82) is 0 Å². The molecular weight excluding hydrogens is 264 g/mol. The summed E-state index contributed by atoms with van der Waals surface area (Å²) in [5.41, 5.74) is 1.27. The van der Waals surface area contributed by atoms with E-state index in [2.05, 4.69) is 43.4 Å². The predicted octanol–water partition coefficient (Wildman–Crippen LogP) is 2.53. The standard InChI is InChI=1S/C17H30N2O2/c1-4-5-12-21-17-8-6-16(7-9-17)15-18-10-13-20-14-11-19(2)3/h6-9,18H,4-5,10-15H2,1-3H3. The second-order valence-electron chi connectivity index (χ2n) is 5.44. The van der Waals surface area contributed by atoms with Gasteiger partial charge in [0.1, 0.15) is 5.75 Å². The number of hydrogen-bond acceptors (Lipinski definition) is 4. The van der Waals surface area contributed by atoms with Crippen LogP contribution in [0.3, 0.4) is 0 Å². The van der Waals surface area contributed by atoms with E-state index in [9.17, 15) is 0 Å². The van der Waals surface area contributed by atoms with E-state index in [0.29, 0.717) is 0 Å². The van der Waals surface area contributed by atoms with Gasteiger partial charge in [-0.15, -0.1) is 0 Å². The van der Waals surface area contributed by atoms with Gasteiger partial charge in [-0.25, -0.2) is 0 Å². The van der Waals surface area contributed by atoms with Crippen LogP contribution in [-0.4, -0.2) is 51.9 Å². The number of rotatable bonds is 12. The van der Waals surface area contributed by atoms with Crippen molar-refractivity contribution in [2.24, 2.45) is 0 Å². The maximum Gasteiger partial charge on any atom is 0.119 e. The van der Waals surface area contributed by atoms with Crippen molar-refractivity contribution in [3.05, 3.63) is 29.8 Å². The highest BCUT2D eigenvalue weighted by atomic mass is 16.5. The van der Waals surface area contributed by atoms with Gasteiger partial charge in [0.25, 0.3) is 0 Å². The summed E-state index contributed by atoms with van der Waals surface area (Å²) in [6.45, 7) is 7.24. The Labute approximate surface area is 129 Å². The molecule has 1 aromatic carbocycles. The molecule has 1 N–H and O–H groups in total. The fourth-order valence-electron chi connectivity index (χ4n) is 1.76. The van der Waals surface area contributed by atoms with Crippen LogP contribution < -0.4 is 10.1 Å². The number of nitrogens with one attached hydrogen (secondary N) is 1. The first-order chi connectivity index (χ1) is 10.2. The molecule has 0 unspecified atom stereocenters. The fraction of sp³-hybridized carbons (Fsp3) is 0.647. The average Bonchev–Trinajstić information content (AvgIpc) is 2.48. The Hall–Kier alpha value is -1.10. The normalized spacial score (nSPS) is 11.0. The van der Waals surface area contributed by atoms with Gasteiger partial charge in [-0.2, -0.15) is 0 Å². The van der Waals surface area contributed by atoms with Crippen LogP contribution in [0.25, 0.3) is 0 Å². The summed E-state index contributed by atoms with van der Waals surface area (Å²) >= 11 is 0. The lowest BCUT2D eigenvalue weighted by molar-refractivity contribution is 0.119. The first-order valence-corrected chi connectivity index (χ1v) is 7.87. The number of ether oxygens (including phenoxy) is 2. The van der Waals surface area contributed by atoms with Gasteiger partial charge in [0, 0.05) is 19.6 Å². The summed E-state index contributed by atoms with van der Waals surface area (Å²) in [4.78, 5) is 2.12. The van der Waals surface area contributed by atoms with Crippen molar-refractivity contribution in [1.82, 2.24) is 10.2 Å². The molecule has 1 rings (SSSR count). The van der Waals surface area contributed by atoms with Gasteiger partial charge in [0.05, 0.1) is 19.8 Å². The van der Waals surface area contributed by atoms with Gasteiger partial charge < -0.3 is 19.7 Å². The van der Waals surface area contributed by atoms with E-state index in [1.807, 2.05) is 12.1 Å². The molecular formula is C17H30N2O2. The average molecular weight is 294 g/mol. The summed E-state index contributed by atoms with van der Waals surface area (Å²) in [6, 6.07) is 8.31. The van der Waals surface area contributed by atoms with Crippen LogP contribution in [0.1, 0.15) is 25.3 Å². The molecule has 0 aliphatic heterocycles. The van der Waals surface area contributed by atoms with E-state index in [4.69, 9.17) is 9.47 Å². The van der Waals surface area contributed by atoms with Gasteiger partial charge in [0.15, 0.2) is 0 Å². The molecule has 0 saturated heterocycles. The SMILES string of the molecule is CCCCOc1ccc(CNCCOCCN(C)C)cc1. The minimum atomic E-state index is 0.756. The molecule has 0 saturated carbocycles. The van der Waals surface area contributed by atoms with Crippen LogP contribution in [0.5, 0.6) is 5.75 Å². The van der Waals surface area contributed by atoms with Gasteiger partial charge in [-0.1, -0.05) is 25.5 Å². The van der Waals surface area contributed by atoms with Crippen LogP contribution in [0.15, 0.2) is 24.3 Å². The number of nitrogens with zero attached hydrogens (tertiary/aromatic N) is 1. The quantitative estimate of drug-likeness (QED) is 0.601. The molecule has 4 nitrogen and oxygen atoms in total. The second-order valence-corrected chi connectivity index (χ2v) is 5.44. The lowest BCUT2D eigenvalue weighted by Crippen LogP contribution is -2.23. The molecule has 0 atom stereocenters. The summed E-state index contributed by atoms with van der Waals surface area (Å²) < 4.78 is 11.2. The van der Waals surface area contributed by atoms with Crippen molar-refractivity contribution < 1.29 is 9.47 Å². The lowest BCUT2D eigenvalue weighted by Gasteiger charge is -2.10. The van der Waals surface area contributed by atoms with E-state index in [1.54, 1.807) is 0 Å². The molecule has 4 heteroatoms. The van der Waals surface area contributed by atoms with E-state index in [1.165, 1.54) is 12.0 Å². The number of benzene rings is 1. The highest BCUT2D eigenvalue weighted by molar-refractivity contribution is 5.27. The summed E-state index contributed by atoms with van der Waals surface area (Å²) in [5, 5.41) is 3.38. The van der Waals surface area contributed by atoms with E-state index < -0.39 is 0 Å². The van der Waals surface area contributed by atoms with Gasteiger partial charge >= 0.3 is 0 Å². The minimum absolute atomic E-state index is 0.756. The number of likely N-dealkylation sites (N-methyl/N-ethyl adjacent to an activating group) is 1. The van der Waals surface area contributed by atoms with Crippen LogP contribution in [0.2, 0.25) is 0 Å². The third kappa shape index (κ3) is 9.45. The Kier molecular flexibility index (Phi) is 9.87. The van der Waals surface area contributed by atoms with Crippen molar-refractivity contribution in [2.75, 3.05) is 47.0 Å². The maximum atomic E-state index is 5.65. The Morgan fingerprint density at radius 1 is 1.05 bits per heavy atom. The highest BCUT2D eigenvalue weighted by Crippen LogP contribution is 2.12. The third-order valence-corrected chi connectivity index (χ3v) is 3.13. The molecule has 0 bridgehead atoms. The smallest absolute Gasteiger partial charge is 0.119 e. The van der Waals surface area contributed by atoms with Gasteiger partial charge in [-0.05, 0) is 38.2 Å². The number of unbranched alkanes of at least 4 members (excludes halogenated alkanes) is 1. The molecule has 0 aromatic heterocycles. The minimum Gasteiger partial charge on any atom is -0.494 e. The third-order valence-electron chi connectivity index (χ3n) is 3.13. The first kappa shape index (κ1) is 18.0. The summed E-state index contributed by atoms with van der Waals surface area (Å²) in [7, 11) is 4.11. The monoisotopic (exact) mass is 294 g/mol. The Balaban J connectivity index is 2.07. The molecule has 0 spiro atoms. The molecule has 21 heavy (non-hydrogen) atoms. The molecule has 0 aliphatic carbocycles. The Morgan fingerprint density at radius 2 is 1.81 bits per heavy atom. The molecule has 0 aliphatic rings. The fourth-order valence-corrected chi connectivity index (χ4v) is 1.76. The van der Waals surface area contributed by atoms with E-state index >= 15 is 0 Å². The molecule has 0 radical (unpaired) electrons. The summed E-state index contributed by atoms with van der Waals surface area (Å²) in [5.74, 6) is 0.958. The molecule has 0 fully saturated rings. The van der Waals surface area contributed by atoms with Crippen LogP contribution in [-0.2, 0) is 11.3 Å². The van der Waals surface area contributed by atoms with Crippen molar-refractivity contribution in [3.8, 4) is 5.75 Å². The molecule has 120 valence electrons. The van der Waals surface area contributed by atoms with Gasteiger partial charge in [-0.3, -0.25) is 0 Å². The maximum absolute atomic E-state index is 5.65. The second kappa shape index (κ2) is 11.5.